The lowest BCUT2D eigenvalue weighted by Crippen LogP contribution is -2.04. The Kier molecular flexibility index (Phi) is 2.66. The molecule has 0 amide bonds. The fourth-order valence-corrected chi connectivity index (χ4v) is 2.52. The molecule has 0 radical (unpaired) electrons. The van der Waals surface area contributed by atoms with E-state index in [1.807, 2.05) is 4.68 Å². The minimum Gasteiger partial charge on any atom is -0.256 e. The first-order chi connectivity index (χ1) is 6.59. The van der Waals surface area contributed by atoms with Crippen molar-refractivity contribution in [2.24, 2.45) is 0 Å². The summed E-state index contributed by atoms with van der Waals surface area (Å²) in [5, 5.41) is 6.00. The topological polar surface area (TPSA) is 30.7 Å². The summed E-state index contributed by atoms with van der Waals surface area (Å²) in [7, 11) is 0. The summed E-state index contributed by atoms with van der Waals surface area (Å²) in [6.45, 7) is 4.20. The molecule has 2 heterocycles. The average molecular weight is 322 g/mol. The third-order valence-electron chi connectivity index (χ3n) is 1.98. The lowest BCUT2D eigenvalue weighted by molar-refractivity contribution is 0.526. The van der Waals surface area contributed by atoms with Gasteiger partial charge >= 0.3 is 0 Å². The van der Waals surface area contributed by atoms with Crippen molar-refractivity contribution in [3.63, 3.8) is 0 Å². The molecule has 0 fully saturated rings. The van der Waals surface area contributed by atoms with Gasteiger partial charge in [0.05, 0.1) is 10.9 Å². The van der Waals surface area contributed by atoms with Crippen molar-refractivity contribution in [1.29, 1.82) is 0 Å². The number of hydrogen-bond donors (Lipinski definition) is 0. The first-order valence-corrected chi connectivity index (χ1v) is 5.74. The number of aromatic nitrogens is 3. The van der Waals surface area contributed by atoms with Gasteiger partial charge in [0, 0.05) is 18.3 Å². The van der Waals surface area contributed by atoms with Crippen molar-refractivity contribution < 1.29 is 0 Å². The maximum atomic E-state index is 5.80. The van der Waals surface area contributed by atoms with Gasteiger partial charge in [-0.2, -0.15) is 5.10 Å². The van der Waals surface area contributed by atoms with Gasteiger partial charge in [0.2, 0.25) is 0 Å². The van der Waals surface area contributed by atoms with Crippen molar-refractivity contribution in [1.82, 2.24) is 14.8 Å². The molecule has 5 heteroatoms. The van der Waals surface area contributed by atoms with E-state index in [0.29, 0.717) is 11.2 Å². The molecular formula is C9H9ClIN3. The van der Waals surface area contributed by atoms with E-state index in [4.69, 9.17) is 11.6 Å². The van der Waals surface area contributed by atoms with Gasteiger partial charge in [0.15, 0.2) is 0 Å². The van der Waals surface area contributed by atoms with E-state index in [-0.39, 0.29) is 0 Å². The van der Waals surface area contributed by atoms with Crippen LogP contribution in [0.3, 0.4) is 0 Å². The third-order valence-corrected chi connectivity index (χ3v) is 3.26. The molecule has 0 aromatic carbocycles. The smallest absolute Gasteiger partial charge is 0.131 e. The second kappa shape index (κ2) is 3.66. The minimum atomic E-state index is 0.355. The number of rotatable bonds is 1. The maximum Gasteiger partial charge on any atom is 0.131 e. The highest BCUT2D eigenvalue weighted by Crippen LogP contribution is 2.23. The normalized spacial score (nSPS) is 11.5. The Hall–Kier alpha value is -0.360. The maximum absolute atomic E-state index is 5.80. The lowest BCUT2D eigenvalue weighted by Gasteiger charge is -2.05. The Labute approximate surface area is 101 Å². The summed E-state index contributed by atoms with van der Waals surface area (Å²) in [4.78, 5) is 4.05. The van der Waals surface area contributed by atoms with Crippen LogP contribution < -0.4 is 0 Å². The number of fused-ring (bicyclic) bond motifs is 1. The molecule has 14 heavy (non-hydrogen) atoms. The third kappa shape index (κ3) is 1.61. The summed E-state index contributed by atoms with van der Waals surface area (Å²) in [6.07, 6.45) is 1.77. The molecule has 0 saturated heterocycles. The number of halogens is 2. The van der Waals surface area contributed by atoms with Gasteiger partial charge in [-0.1, -0.05) is 11.6 Å². The quantitative estimate of drug-likeness (QED) is 0.596. The summed E-state index contributed by atoms with van der Waals surface area (Å²) < 4.78 is 3.08. The summed E-state index contributed by atoms with van der Waals surface area (Å²) >= 11 is 8.08. The Morgan fingerprint density at radius 3 is 2.86 bits per heavy atom. The van der Waals surface area contributed by atoms with Crippen LogP contribution in [0.25, 0.3) is 10.9 Å². The molecule has 0 aliphatic rings. The number of hydrogen-bond acceptors (Lipinski definition) is 2. The van der Waals surface area contributed by atoms with E-state index in [0.717, 1.165) is 14.6 Å². The van der Waals surface area contributed by atoms with Crippen LogP contribution in [-0.2, 0) is 0 Å². The second-order valence-corrected chi connectivity index (χ2v) is 4.76. The first kappa shape index (κ1) is 10.2. The standard InChI is InChI=1S/C9H9ClIN3/c1-5(2)14-9(11)6-4-12-8(10)3-7(6)13-14/h3-5H,1-2H3. The molecule has 0 spiro atoms. The molecule has 0 aliphatic heterocycles. The summed E-state index contributed by atoms with van der Waals surface area (Å²) in [6, 6.07) is 2.14. The van der Waals surface area contributed by atoms with Gasteiger partial charge in [0.1, 0.15) is 8.85 Å². The Morgan fingerprint density at radius 1 is 1.50 bits per heavy atom. The summed E-state index contributed by atoms with van der Waals surface area (Å²) in [5.41, 5.74) is 0.906. The molecule has 0 N–H and O–H groups in total. The van der Waals surface area contributed by atoms with Crippen LogP contribution in [-0.4, -0.2) is 14.8 Å². The molecule has 3 nitrogen and oxygen atoms in total. The SMILES string of the molecule is CC(C)n1nc2cc(Cl)ncc2c1I. The molecule has 2 aromatic rings. The molecular weight excluding hydrogens is 312 g/mol. The van der Waals surface area contributed by atoms with Gasteiger partial charge in [-0.15, -0.1) is 0 Å². The zero-order valence-corrected chi connectivity index (χ0v) is 10.7. The van der Waals surface area contributed by atoms with E-state index in [9.17, 15) is 0 Å². The molecule has 0 bridgehead atoms. The molecule has 0 unspecified atom stereocenters. The van der Waals surface area contributed by atoms with Crippen LogP contribution >= 0.6 is 34.2 Å². The Bertz CT molecular complexity index is 478. The zero-order valence-electron chi connectivity index (χ0n) is 7.83. The van der Waals surface area contributed by atoms with Gasteiger partial charge in [-0.05, 0) is 36.4 Å². The van der Waals surface area contributed by atoms with E-state index in [2.05, 4.69) is 46.5 Å². The summed E-state index contributed by atoms with van der Waals surface area (Å²) in [5.74, 6) is 0. The van der Waals surface area contributed by atoms with Crippen molar-refractivity contribution in [3.05, 3.63) is 21.1 Å². The van der Waals surface area contributed by atoms with E-state index < -0.39 is 0 Å². The van der Waals surface area contributed by atoms with Gasteiger partial charge in [-0.3, -0.25) is 4.68 Å². The second-order valence-electron chi connectivity index (χ2n) is 3.35. The highest BCUT2D eigenvalue weighted by molar-refractivity contribution is 14.1. The van der Waals surface area contributed by atoms with Crippen molar-refractivity contribution in [3.8, 4) is 0 Å². The van der Waals surface area contributed by atoms with Crippen LogP contribution in [0.15, 0.2) is 12.3 Å². The molecule has 2 rings (SSSR count). The molecule has 0 aliphatic carbocycles. The average Bonchev–Trinajstić information content (AvgIpc) is 2.43. The minimum absolute atomic E-state index is 0.355. The monoisotopic (exact) mass is 321 g/mol. The van der Waals surface area contributed by atoms with Gasteiger partial charge < -0.3 is 0 Å². The van der Waals surface area contributed by atoms with Crippen LogP contribution in [0.1, 0.15) is 19.9 Å². The highest BCUT2D eigenvalue weighted by Gasteiger charge is 2.11. The van der Waals surface area contributed by atoms with Gasteiger partial charge in [0.25, 0.3) is 0 Å². The van der Waals surface area contributed by atoms with Crippen molar-refractivity contribution >= 4 is 45.1 Å². The molecule has 2 aromatic heterocycles. The van der Waals surface area contributed by atoms with E-state index in [1.54, 1.807) is 12.3 Å². The number of nitrogens with zero attached hydrogens (tertiary/aromatic N) is 3. The predicted molar refractivity (Wildman–Crippen MR) is 65.6 cm³/mol. The Balaban J connectivity index is 2.73. The largest absolute Gasteiger partial charge is 0.256 e. The van der Waals surface area contributed by atoms with Crippen molar-refractivity contribution in [2.45, 2.75) is 19.9 Å². The fraction of sp³-hybridized carbons (Fsp3) is 0.333. The zero-order chi connectivity index (χ0) is 10.3. The van der Waals surface area contributed by atoms with Crippen LogP contribution in [0.4, 0.5) is 0 Å². The lowest BCUT2D eigenvalue weighted by atomic mass is 10.3. The molecule has 0 saturated carbocycles. The van der Waals surface area contributed by atoms with Crippen LogP contribution in [0.5, 0.6) is 0 Å². The van der Waals surface area contributed by atoms with E-state index in [1.165, 1.54) is 0 Å². The molecule has 74 valence electrons. The first-order valence-electron chi connectivity index (χ1n) is 4.29. The highest BCUT2D eigenvalue weighted by atomic mass is 127. The molecule has 0 atom stereocenters. The van der Waals surface area contributed by atoms with Gasteiger partial charge in [-0.25, -0.2) is 4.98 Å². The van der Waals surface area contributed by atoms with E-state index >= 15 is 0 Å². The fourth-order valence-electron chi connectivity index (χ4n) is 1.29. The van der Waals surface area contributed by atoms with Crippen LogP contribution in [0.2, 0.25) is 5.15 Å². The Morgan fingerprint density at radius 2 is 2.21 bits per heavy atom. The van der Waals surface area contributed by atoms with Crippen molar-refractivity contribution in [2.75, 3.05) is 0 Å². The number of pyridine rings is 1. The predicted octanol–water partition coefficient (Wildman–Crippen LogP) is 3.27. The van der Waals surface area contributed by atoms with Crippen LogP contribution in [0, 0.1) is 3.70 Å².